The summed E-state index contributed by atoms with van der Waals surface area (Å²) in [6, 6.07) is 4.95. The molecule has 0 spiro atoms. The molecule has 2 heterocycles. The van der Waals surface area contributed by atoms with Crippen LogP contribution in [0.1, 0.15) is 48.5 Å². The number of carbonyl (C=O) groups excluding carboxylic acids is 1. The van der Waals surface area contributed by atoms with Gasteiger partial charge in [0.15, 0.2) is 0 Å². The van der Waals surface area contributed by atoms with Crippen LogP contribution in [0.2, 0.25) is 0 Å². The topological polar surface area (TPSA) is 105 Å². The number of ether oxygens (including phenoxy) is 1. The number of hydrogen-bond donors (Lipinski definition) is 2. The van der Waals surface area contributed by atoms with Crippen LogP contribution in [0.3, 0.4) is 0 Å². The van der Waals surface area contributed by atoms with Gasteiger partial charge in [0, 0.05) is 18.2 Å². The maximum atomic E-state index is 13.0. The van der Waals surface area contributed by atoms with Gasteiger partial charge >= 0.3 is 11.7 Å². The highest BCUT2D eigenvalue weighted by Gasteiger charge is 2.30. The van der Waals surface area contributed by atoms with Crippen molar-refractivity contribution in [2.45, 2.75) is 44.2 Å². The third-order valence-corrected chi connectivity index (χ3v) is 5.55. The molecule has 1 aliphatic carbocycles. The fraction of sp³-hybridized carbons (Fsp3) is 0.526. The highest BCUT2D eigenvalue weighted by Crippen LogP contribution is 2.31. The first-order chi connectivity index (χ1) is 13.0. The molecule has 1 aromatic heterocycles. The van der Waals surface area contributed by atoms with E-state index in [4.69, 9.17) is 9.84 Å². The maximum absolute atomic E-state index is 13.0. The van der Waals surface area contributed by atoms with Crippen LogP contribution in [0.15, 0.2) is 23.0 Å². The number of carboxylic acid groups (broad SMARTS) is 1. The Morgan fingerprint density at radius 3 is 2.78 bits per heavy atom. The molecule has 27 heavy (non-hydrogen) atoms. The van der Waals surface area contributed by atoms with Gasteiger partial charge in [-0.05, 0) is 31.0 Å². The van der Waals surface area contributed by atoms with Crippen molar-refractivity contribution >= 4 is 22.9 Å². The summed E-state index contributed by atoms with van der Waals surface area (Å²) in [5.74, 6) is -1.20. The molecule has 1 unspecified atom stereocenters. The molecule has 1 atom stereocenters. The summed E-state index contributed by atoms with van der Waals surface area (Å²) in [7, 11) is 0. The molecule has 2 aliphatic rings. The van der Waals surface area contributed by atoms with Crippen molar-refractivity contribution in [3.8, 4) is 0 Å². The smallest absolute Gasteiger partial charge is 0.326 e. The first-order valence-electron chi connectivity index (χ1n) is 9.39. The van der Waals surface area contributed by atoms with Crippen LogP contribution in [-0.2, 0) is 9.53 Å². The summed E-state index contributed by atoms with van der Waals surface area (Å²) < 4.78 is 7.14. The summed E-state index contributed by atoms with van der Waals surface area (Å²) in [6.45, 7) is 0.961. The molecule has 0 bridgehead atoms. The van der Waals surface area contributed by atoms with Crippen LogP contribution in [0.4, 0.5) is 0 Å². The predicted molar refractivity (Wildman–Crippen MR) is 98.0 cm³/mol. The van der Waals surface area contributed by atoms with E-state index in [2.05, 4.69) is 4.98 Å². The number of nitrogens with one attached hydrogen (secondary N) is 1. The minimum atomic E-state index is -0.961. The number of aromatic nitrogens is 2. The van der Waals surface area contributed by atoms with Crippen molar-refractivity contribution in [2.24, 2.45) is 0 Å². The van der Waals surface area contributed by atoms with Gasteiger partial charge in [-0.25, -0.2) is 4.79 Å². The van der Waals surface area contributed by atoms with E-state index in [0.717, 1.165) is 31.2 Å². The average molecular weight is 373 g/mol. The highest BCUT2D eigenvalue weighted by molar-refractivity contribution is 5.97. The monoisotopic (exact) mass is 373 g/mol. The molecule has 4 rings (SSSR count). The van der Waals surface area contributed by atoms with E-state index < -0.39 is 12.0 Å². The molecule has 8 heteroatoms. The van der Waals surface area contributed by atoms with Crippen molar-refractivity contribution in [2.75, 3.05) is 19.8 Å². The Morgan fingerprint density at radius 1 is 1.26 bits per heavy atom. The number of aromatic amines is 1. The molecule has 2 aromatic rings. The van der Waals surface area contributed by atoms with Crippen molar-refractivity contribution in [3.63, 3.8) is 0 Å². The van der Waals surface area contributed by atoms with E-state index in [9.17, 15) is 14.4 Å². The van der Waals surface area contributed by atoms with Crippen molar-refractivity contribution in [1.29, 1.82) is 0 Å². The standard InChI is InChI=1S/C19H23N3O5/c23-17(24)10-14-11-27-8-7-21(14)18(25)12-5-6-16-15(9-12)20-19(26)22(16)13-3-1-2-4-13/h5-6,9,13-14H,1-4,7-8,10-11H2,(H,20,26)(H,23,24). The molecule has 1 saturated carbocycles. The van der Waals surface area contributed by atoms with Gasteiger partial charge in [-0.2, -0.15) is 0 Å². The second-order valence-corrected chi connectivity index (χ2v) is 7.30. The zero-order valence-electron chi connectivity index (χ0n) is 15.0. The minimum Gasteiger partial charge on any atom is -0.481 e. The number of aliphatic carboxylic acids is 1. The van der Waals surface area contributed by atoms with Crippen LogP contribution < -0.4 is 5.69 Å². The normalized spacial score (nSPS) is 21.0. The predicted octanol–water partition coefficient (Wildman–Crippen LogP) is 1.76. The van der Waals surface area contributed by atoms with Crippen LogP contribution in [0.5, 0.6) is 0 Å². The van der Waals surface area contributed by atoms with E-state index in [-0.39, 0.29) is 30.7 Å². The van der Waals surface area contributed by atoms with Crippen molar-refractivity contribution in [1.82, 2.24) is 14.5 Å². The Bertz CT molecular complexity index is 925. The average Bonchev–Trinajstić information content (AvgIpc) is 3.27. The molecule has 1 aliphatic heterocycles. The molecule has 1 amide bonds. The van der Waals surface area contributed by atoms with Crippen molar-refractivity contribution < 1.29 is 19.4 Å². The first-order valence-corrected chi connectivity index (χ1v) is 9.39. The van der Waals surface area contributed by atoms with E-state index in [1.54, 1.807) is 21.6 Å². The third-order valence-electron chi connectivity index (χ3n) is 5.55. The molecule has 2 fully saturated rings. The van der Waals surface area contributed by atoms with Gasteiger partial charge in [0.25, 0.3) is 5.91 Å². The highest BCUT2D eigenvalue weighted by atomic mass is 16.5. The molecular formula is C19H23N3O5. The minimum absolute atomic E-state index is 0.142. The lowest BCUT2D eigenvalue weighted by atomic mass is 10.1. The summed E-state index contributed by atoms with van der Waals surface area (Å²) in [4.78, 5) is 40.9. The fourth-order valence-corrected chi connectivity index (χ4v) is 4.25. The number of imidazole rings is 1. The van der Waals surface area contributed by atoms with Gasteiger partial charge in [0.2, 0.25) is 0 Å². The van der Waals surface area contributed by atoms with E-state index in [0.29, 0.717) is 24.2 Å². The van der Waals surface area contributed by atoms with Gasteiger partial charge in [-0.1, -0.05) is 12.8 Å². The summed E-state index contributed by atoms with van der Waals surface area (Å²) in [5.41, 5.74) is 1.75. The number of amides is 1. The lowest BCUT2D eigenvalue weighted by molar-refractivity contribution is -0.139. The molecule has 1 saturated heterocycles. The SMILES string of the molecule is O=C(O)CC1COCCN1C(=O)c1ccc2c(c1)[nH]c(=O)n2C1CCCC1. The molecule has 144 valence electrons. The van der Waals surface area contributed by atoms with Gasteiger partial charge in [-0.15, -0.1) is 0 Å². The molecule has 8 nitrogen and oxygen atoms in total. The number of carboxylic acids is 1. The lowest BCUT2D eigenvalue weighted by Crippen LogP contribution is -2.49. The zero-order valence-corrected chi connectivity index (χ0v) is 15.0. The van der Waals surface area contributed by atoms with Crippen molar-refractivity contribution in [3.05, 3.63) is 34.2 Å². The van der Waals surface area contributed by atoms with Crippen LogP contribution >= 0.6 is 0 Å². The molecular weight excluding hydrogens is 350 g/mol. The number of benzene rings is 1. The maximum Gasteiger partial charge on any atom is 0.326 e. The van der Waals surface area contributed by atoms with Gasteiger partial charge < -0.3 is 19.7 Å². The third kappa shape index (κ3) is 3.37. The largest absolute Gasteiger partial charge is 0.481 e. The van der Waals surface area contributed by atoms with E-state index >= 15 is 0 Å². The summed E-state index contributed by atoms with van der Waals surface area (Å²) >= 11 is 0. The Kier molecular flexibility index (Phi) is 4.73. The Hall–Kier alpha value is -2.61. The number of fused-ring (bicyclic) bond motifs is 1. The van der Waals surface area contributed by atoms with Crippen LogP contribution in [0, 0.1) is 0 Å². The molecule has 2 N–H and O–H groups in total. The first kappa shape index (κ1) is 17.8. The van der Waals surface area contributed by atoms with Crippen LogP contribution in [0.25, 0.3) is 11.0 Å². The van der Waals surface area contributed by atoms with Gasteiger partial charge in [0.05, 0.1) is 36.7 Å². The van der Waals surface area contributed by atoms with Crippen LogP contribution in [-0.4, -0.2) is 57.2 Å². The Labute approximate surface area is 155 Å². The Morgan fingerprint density at radius 2 is 2.04 bits per heavy atom. The zero-order chi connectivity index (χ0) is 19.0. The summed E-state index contributed by atoms with van der Waals surface area (Å²) in [5, 5.41) is 9.08. The molecule has 0 radical (unpaired) electrons. The summed E-state index contributed by atoms with van der Waals surface area (Å²) in [6.07, 6.45) is 4.10. The van der Waals surface area contributed by atoms with Gasteiger partial charge in [-0.3, -0.25) is 14.2 Å². The van der Waals surface area contributed by atoms with Gasteiger partial charge in [0.1, 0.15) is 0 Å². The fourth-order valence-electron chi connectivity index (χ4n) is 4.25. The lowest BCUT2D eigenvalue weighted by Gasteiger charge is -2.34. The number of carbonyl (C=O) groups is 2. The quantitative estimate of drug-likeness (QED) is 0.850. The second-order valence-electron chi connectivity index (χ2n) is 7.30. The number of hydrogen-bond acceptors (Lipinski definition) is 4. The molecule has 1 aromatic carbocycles. The number of morpholine rings is 1. The Balaban J connectivity index is 1.64. The van der Waals surface area contributed by atoms with E-state index in [1.165, 1.54) is 0 Å². The van der Waals surface area contributed by atoms with E-state index in [1.807, 2.05) is 6.07 Å². The second kappa shape index (κ2) is 7.19. The number of nitrogens with zero attached hydrogens (tertiary/aromatic N) is 2. The number of H-pyrrole nitrogens is 1. The number of rotatable bonds is 4.